The summed E-state index contributed by atoms with van der Waals surface area (Å²) in [6.07, 6.45) is -1.12. The number of nitrogens with zero attached hydrogens (tertiary/aromatic N) is 5. The van der Waals surface area contributed by atoms with Gasteiger partial charge in [0.2, 0.25) is 0 Å². The second kappa shape index (κ2) is 11.2. The van der Waals surface area contributed by atoms with Gasteiger partial charge in [-0.2, -0.15) is 0 Å². The van der Waals surface area contributed by atoms with Crippen LogP contribution in [0.4, 0.5) is 36.0 Å². The molecule has 1 atom stereocenters. The molecule has 0 N–H and O–H groups in total. The molecule has 2 aromatic rings. The first-order chi connectivity index (χ1) is 18.7. The molecule has 0 aliphatic carbocycles. The molecule has 40 heavy (non-hydrogen) atoms. The molecular weight excluding hydrogens is 525 g/mol. The number of carbonyl (C=O) groups excluding carboxylic acids is 3. The second-order valence-corrected chi connectivity index (χ2v) is 11.7. The smallest absolute Gasteiger partial charge is 0.416 e. The van der Waals surface area contributed by atoms with Crippen molar-refractivity contribution in [3.8, 4) is 0 Å². The summed E-state index contributed by atoms with van der Waals surface area (Å²) in [7, 11) is 0. The number of cyclic esters (lactones) is 1. The zero-order valence-electron chi connectivity index (χ0n) is 23.7. The minimum atomic E-state index is -0.751. The maximum absolute atomic E-state index is 15.2. The SMILES string of the molecule is CC(C)(C)OC(=O)N1CCN(c2ccc(N3C[C@@H](CN(C(=O)OC(C)(C)C)c4ccon4)OC3=O)cc2F)CC1. The Morgan fingerprint density at radius 1 is 1.05 bits per heavy atom. The third kappa shape index (κ3) is 7.13. The first-order valence-electron chi connectivity index (χ1n) is 13.1. The highest BCUT2D eigenvalue weighted by atomic mass is 19.1. The lowest BCUT2D eigenvalue weighted by atomic mass is 10.2. The Hall–Kier alpha value is -4.03. The van der Waals surface area contributed by atoms with Crippen LogP contribution in [0.25, 0.3) is 0 Å². The number of amides is 3. The Bertz CT molecular complexity index is 1220. The molecule has 0 radical (unpaired) electrons. The fourth-order valence-corrected chi connectivity index (χ4v) is 4.33. The second-order valence-electron chi connectivity index (χ2n) is 11.7. The van der Waals surface area contributed by atoms with E-state index in [2.05, 4.69) is 5.16 Å². The van der Waals surface area contributed by atoms with Crippen molar-refractivity contribution in [2.45, 2.75) is 58.8 Å². The third-order valence-corrected chi connectivity index (χ3v) is 6.09. The van der Waals surface area contributed by atoms with Crippen LogP contribution < -0.4 is 14.7 Å². The van der Waals surface area contributed by atoms with Gasteiger partial charge in [-0.15, -0.1) is 0 Å². The molecule has 3 amide bonds. The average molecular weight is 562 g/mol. The van der Waals surface area contributed by atoms with Crippen LogP contribution in [-0.2, 0) is 14.2 Å². The third-order valence-electron chi connectivity index (χ3n) is 6.09. The molecule has 2 aliphatic heterocycles. The van der Waals surface area contributed by atoms with Crippen LogP contribution in [0.15, 0.2) is 35.1 Å². The molecule has 13 heteroatoms. The van der Waals surface area contributed by atoms with Crippen LogP contribution >= 0.6 is 0 Å². The van der Waals surface area contributed by atoms with Crippen molar-refractivity contribution in [1.82, 2.24) is 10.1 Å². The average Bonchev–Trinajstić information content (AvgIpc) is 3.50. The van der Waals surface area contributed by atoms with Crippen LogP contribution in [-0.4, -0.2) is 84.9 Å². The Labute approximate surface area is 232 Å². The Morgan fingerprint density at radius 3 is 2.30 bits per heavy atom. The molecule has 3 heterocycles. The maximum Gasteiger partial charge on any atom is 0.416 e. The minimum Gasteiger partial charge on any atom is -0.444 e. The molecule has 0 saturated carbocycles. The molecule has 2 fully saturated rings. The van der Waals surface area contributed by atoms with Crippen LogP contribution in [0, 0.1) is 5.82 Å². The Morgan fingerprint density at radius 2 is 1.73 bits per heavy atom. The molecule has 0 spiro atoms. The first kappa shape index (κ1) is 29.0. The van der Waals surface area contributed by atoms with Gasteiger partial charge in [0.25, 0.3) is 0 Å². The fraction of sp³-hybridized carbons (Fsp3) is 0.556. The molecule has 2 aliphatic rings. The molecular formula is C27H36FN5O7. The lowest BCUT2D eigenvalue weighted by Gasteiger charge is -2.37. The predicted octanol–water partition coefficient (Wildman–Crippen LogP) is 4.64. The summed E-state index contributed by atoms with van der Waals surface area (Å²) in [4.78, 5) is 43.8. The van der Waals surface area contributed by atoms with Crippen LogP contribution in [0.5, 0.6) is 0 Å². The number of hydrogen-bond acceptors (Lipinski definition) is 9. The molecule has 0 unspecified atom stereocenters. The first-order valence-corrected chi connectivity index (χ1v) is 13.1. The maximum atomic E-state index is 15.2. The molecule has 218 valence electrons. The van der Waals surface area contributed by atoms with Crippen molar-refractivity contribution in [2.75, 3.05) is 54.0 Å². The summed E-state index contributed by atoms with van der Waals surface area (Å²) in [6, 6.07) is 6.03. The van der Waals surface area contributed by atoms with E-state index in [1.54, 1.807) is 37.8 Å². The summed E-state index contributed by atoms with van der Waals surface area (Å²) in [6.45, 7) is 12.4. The van der Waals surface area contributed by atoms with Crippen molar-refractivity contribution < 1.29 is 37.5 Å². The van der Waals surface area contributed by atoms with Gasteiger partial charge in [-0.1, -0.05) is 5.16 Å². The number of aromatic nitrogens is 1. The number of hydrogen-bond donors (Lipinski definition) is 0. The quantitative estimate of drug-likeness (QED) is 0.481. The zero-order valence-corrected chi connectivity index (χ0v) is 23.7. The Kier molecular flexibility index (Phi) is 8.13. The van der Waals surface area contributed by atoms with Crippen LogP contribution in [0.1, 0.15) is 41.5 Å². The lowest BCUT2D eigenvalue weighted by molar-refractivity contribution is 0.0240. The fourth-order valence-electron chi connectivity index (χ4n) is 4.33. The summed E-state index contributed by atoms with van der Waals surface area (Å²) in [5.41, 5.74) is -0.639. The van der Waals surface area contributed by atoms with Crippen molar-refractivity contribution in [3.05, 3.63) is 36.3 Å². The van der Waals surface area contributed by atoms with E-state index < -0.39 is 35.3 Å². The highest BCUT2D eigenvalue weighted by Gasteiger charge is 2.37. The normalized spacial score (nSPS) is 18.0. The van der Waals surface area contributed by atoms with Gasteiger partial charge < -0.3 is 28.5 Å². The van der Waals surface area contributed by atoms with Gasteiger partial charge in [0.05, 0.1) is 24.5 Å². The zero-order chi connectivity index (χ0) is 29.2. The molecule has 1 aromatic heterocycles. The number of carbonyl (C=O) groups is 3. The molecule has 4 rings (SSSR count). The largest absolute Gasteiger partial charge is 0.444 e. The number of halogens is 1. The van der Waals surface area contributed by atoms with E-state index in [0.29, 0.717) is 37.6 Å². The van der Waals surface area contributed by atoms with E-state index in [4.69, 9.17) is 18.7 Å². The van der Waals surface area contributed by atoms with E-state index >= 15 is 4.39 Å². The van der Waals surface area contributed by atoms with Crippen molar-refractivity contribution in [3.63, 3.8) is 0 Å². The standard InChI is InChI=1S/C27H36FN5O7/c1-26(2,3)39-23(34)31-12-10-30(11-13-31)21-8-7-18(15-20(21)28)32-16-19(38-24(32)35)17-33(22-9-14-37-29-22)25(36)40-27(4,5)6/h7-9,14-15,19H,10-13,16-17H2,1-6H3/t19-/m0/s1. The molecule has 12 nitrogen and oxygen atoms in total. The number of ether oxygens (including phenoxy) is 3. The topological polar surface area (TPSA) is 118 Å². The minimum absolute atomic E-state index is 0.0355. The van der Waals surface area contributed by atoms with Gasteiger partial charge in [0.1, 0.15) is 29.4 Å². The van der Waals surface area contributed by atoms with Crippen LogP contribution in [0.3, 0.4) is 0 Å². The van der Waals surface area contributed by atoms with Gasteiger partial charge >= 0.3 is 18.3 Å². The van der Waals surface area contributed by atoms with Gasteiger partial charge in [-0.3, -0.25) is 9.80 Å². The van der Waals surface area contributed by atoms with E-state index in [0.717, 1.165) is 0 Å². The van der Waals surface area contributed by atoms with Gasteiger partial charge in [0.15, 0.2) is 5.82 Å². The number of benzene rings is 1. The van der Waals surface area contributed by atoms with Crippen LogP contribution in [0.2, 0.25) is 0 Å². The summed E-state index contributed by atoms with van der Waals surface area (Å²) in [5, 5.41) is 3.81. The number of rotatable bonds is 5. The molecule has 0 bridgehead atoms. The van der Waals surface area contributed by atoms with Gasteiger partial charge in [-0.05, 0) is 59.7 Å². The summed E-state index contributed by atoms with van der Waals surface area (Å²) < 4.78 is 36.5. The number of piperazine rings is 1. The van der Waals surface area contributed by atoms with E-state index in [1.807, 2.05) is 25.7 Å². The molecule has 1 aromatic carbocycles. The lowest BCUT2D eigenvalue weighted by Crippen LogP contribution is -2.50. The highest BCUT2D eigenvalue weighted by molar-refractivity contribution is 5.91. The number of anilines is 3. The summed E-state index contributed by atoms with van der Waals surface area (Å²) >= 11 is 0. The van der Waals surface area contributed by atoms with E-state index in [9.17, 15) is 14.4 Å². The highest BCUT2D eigenvalue weighted by Crippen LogP contribution is 2.29. The van der Waals surface area contributed by atoms with Crippen molar-refractivity contribution >= 4 is 35.5 Å². The monoisotopic (exact) mass is 561 g/mol. The van der Waals surface area contributed by atoms with E-state index in [-0.39, 0.29) is 25.0 Å². The van der Waals surface area contributed by atoms with Crippen molar-refractivity contribution in [2.24, 2.45) is 0 Å². The molecule has 2 saturated heterocycles. The summed E-state index contributed by atoms with van der Waals surface area (Å²) in [5.74, 6) is -0.289. The Balaban J connectivity index is 1.39. The van der Waals surface area contributed by atoms with E-state index in [1.165, 1.54) is 28.2 Å². The predicted molar refractivity (Wildman–Crippen MR) is 144 cm³/mol. The van der Waals surface area contributed by atoms with Gasteiger partial charge in [0, 0.05) is 32.2 Å². The van der Waals surface area contributed by atoms with Crippen molar-refractivity contribution in [1.29, 1.82) is 0 Å². The van der Waals surface area contributed by atoms with Gasteiger partial charge in [-0.25, -0.2) is 18.8 Å².